The molecule has 1 amide bonds. The Morgan fingerprint density at radius 1 is 1.12 bits per heavy atom. The first-order valence-corrected chi connectivity index (χ1v) is 7.85. The number of rotatable bonds is 4. The molecule has 0 saturated carbocycles. The number of nitrogens with zero attached hydrogens (tertiary/aromatic N) is 2. The standard InChI is InChI=1S/C18H13F3N4O/c19-18(20,21)17(24-25-17)14-3-1-2-13(9-14)16(26)23-10-11-4-5-12-6-7-22-15(12)8-11/h1-9,22H,10H2,(H,23,26). The monoisotopic (exact) mass is 358 g/mol. The first kappa shape index (κ1) is 16.3. The molecule has 4 rings (SSSR count). The van der Waals surface area contributed by atoms with Crippen molar-refractivity contribution in [1.29, 1.82) is 0 Å². The number of fused-ring (bicyclic) bond motifs is 1. The van der Waals surface area contributed by atoms with Crippen molar-refractivity contribution in [3.63, 3.8) is 0 Å². The number of benzene rings is 2. The van der Waals surface area contributed by atoms with Crippen molar-refractivity contribution in [3.05, 3.63) is 71.4 Å². The van der Waals surface area contributed by atoms with E-state index in [9.17, 15) is 18.0 Å². The van der Waals surface area contributed by atoms with Crippen LogP contribution in [0, 0.1) is 0 Å². The number of carbonyl (C=O) groups is 1. The van der Waals surface area contributed by atoms with Crippen LogP contribution in [0.1, 0.15) is 21.5 Å². The summed E-state index contributed by atoms with van der Waals surface area (Å²) < 4.78 is 39.3. The lowest BCUT2D eigenvalue weighted by atomic mass is 10.00. The van der Waals surface area contributed by atoms with E-state index in [1.54, 1.807) is 0 Å². The van der Waals surface area contributed by atoms with Gasteiger partial charge in [0.15, 0.2) is 0 Å². The van der Waals surface area contributed by atoms with Crippen LogP contribution in [-0.4, -0.2) is 17.1 Å². The van der Waals surface area contributed by atoms with E-state index in [4.69, 9.17) is 0 Å². The van der Waals surface area contributed by atoms with E-state index in [2.05, 4.69) is 20.5 Å². The van der Waals surface area contributed by atoms with E-state index in [1.165, 1.54) is 24.3 Å². The molecule has 3 aromatic rings. The minimum Gasteiger partial charge on any atom is -0.361 e. The van der Waals surface area contributed by atoms with Crippen LogP contribution in [0.3, 0.4) is 0 Å². The number of hydrogen-bond donors (Lipinski definition) is 2. The van der Waals surface area contributed by atoms with E-state index in [-0.39, 0.29) is 17.7 Å². The molecule has 2 N–H and O–H groups in total. The van der Waals surface area contributed by atoms with E-state index < -0.39 is 17.7 Å². The summed E-state index contributed by atoms with van der Waals surface area (Å²) in [6.07, 6.45) is -2.80. The van der Waals surface area contributed by atoms with Gasteiger partial charge in [-0.3, -0.25) is 4.79 Å². The van der Waals surface area contributed by atoms with Crippen LogP contribution in [0.2, 0.25) is 0 Å². The van der Waals surface area contributed by atoms with Crippen LogP contribution in [0.15, 0.2) is 65.0 Å². The molecule has 1 aliphatic heterocycles. The van der Waals surface area contributed by atoms with Gasteiger partial charge in [-0.1, -0.05) is 24.3 Å². The van der Waals surface area contributed by atoms with Crippen LogP contribution in [0.25, 0.3) is 10.9 Å². The first-order valence-electron chi connectivity index (χ1n) is 7.85. The zero-order chi connectivity index (χ0) is 18.4. The molecule has 0 bridgehead atoms. The Morgan fingerprint density at radius 3 is 2.65 bits per heavy atom. The molecule has 5 nitrogen and oxygen atoms in total. The molecule has 0 atom stereocenters. The van der Waals surface area contributed by atoms with Gasteiger partial charge in [-0.25, -0.2) is 0 Å². The Balaban J connectivity index is 1.49. The second-order valence-corrected chi connectivity index (χ2v) is 6.03. The third-order valence-electron chi connectivity index (χ3n) is 4.30. The highest BCUT2D eigenvalue weighted by Gasteiger charge is 2.65. The maximum atomic E-state index is 13.1. The highest BCUT2D eigenvalue weighted by Crippen LogP contribution is 2.52. The number of aromatic amines is 1. The van der Waals surface area contributed by atoms with Crippen molar-refractivity contribution >= 4 is 16.8 Å². The Bertz CT molecular complexity index is 1020. The summed E-state index contributed by atoms with van der Waals surface area (Å²) >= 11 is 0. The molecule has 0 aliphatic carbocycles. The molecular formula is C18H13F3N4O. The average molecular weight is 358 g/mol. The van der Waals surface area contributed by atoms with Gasteiger partial charge in [-0.15, -0.1) is 10.2 Å². The summed E-state index contributed by atoms with van der Waals surface area (Å²) in [6.45, 7) is 0.261. The molecule has 0 spiro atoms. The second kappa shape index (κ2) is 5.69. The zero-order valence-electron chi connectivity index (χ0n) is 13.3. The minimum absolute atomic E-state index is 0.129. The number of hydrogen-bond acceptors (Lipinski definition) is 3. The Hall–Kier alpha value is -3.16. The number of carbonyl (C=O) groups excluding carboxylic acids is 1. The molecular weight excluding hydrogens is 345 g/mol. The van der Waals surface area contributed by atoms with Gasteiger partial charge < -0.3 is 10.3 Å². The largest absolute Gasteiger partial charge is 0.442 e. The summed E-state index contributed by atoms with van der Waals surface area (Å²) in [6, 6.07) is 13.0. The van der Waals surface area contributed by atoms with E-state index in [1.807, 2.05) is 30.5 Å². The molecule has 2 aromatic carbocycles. The number of aromatic nitrogens is 1. The van der Waals surface area contributed by atoms with Crippen molar-refractivity contribution in [1.82, 2.24) is 10.3 Å². The van der Waals surface area contributed by atoms with Gasteiger partial charge in [-0.05, 0) is 35.2 Å². The maximum absolute atomic E-state index is 13.1. The molecule has 8 heteroatoms. The predicted molar refractivity (Wildman–Crippen MR) is 88.5 cm³/mol. The molecule has 1 aromatic heterocycles. The predicted octanol–water partition coefficient (Wildman–Crippen LogP) is 4.28. The van der Waals surface area contributed by atoms with Crippen molar-refractivity contribution in [2.45, 2.75) is 18.4 Å². The van der Waals surface area contributed by atoms with Crippen LogP contribution < -0.4 is 5.32 Å². The third-order valence-corrected chi connectivity index (χ3v) is 4.30. The van der Waals surface area contributed by atoms with Gasteiger partial charge in [0.2, 0.25) is 0 Å². The Labute approximate surface area is 145 Å². The van der Waals surface area contributed by atoms with Crippen molar-refractivity contribution in [2.24, 2.45) is 10.2 Å². The van der Waals surface area contributed by atoms with Gasteiger partial charge in [0.1, 0.15) is 0 Å². The summed E-state index contributed by atoms with van der Waals surface area (Å²) in [5.74, 6) is -0.462. The quantitative estimate of drug-likeness (QED) is 0.718. The van der Waals surface area contributed by atoms with Gasteiger partial charge >= 0.3 is 11.8 Å². The van der Waals surface area contributed by atoms with Gasteiger partial charge in [0, 0.05) is 29.4 Å². The summed E-state index contributed by atoms with van der Waals surface area (Å²) in [7, 11) is 0. The highest BCUT2D eigenvalue weighted by molar-refractivity contribution is 5.94. The number of amides is 1. The zero-order valence-corrected chi connectivity index (χ0v) is 13.3. The SMILES string of the molecule is O=C(NCc1ccc2cc[nH]c2c1)c1cccc(C2(C(F)(F)F)N=N2)c1. The average Bonchev–Trinajstić information content (AvgIpc) is 3.32. The number of halogens is 3. The molecule has 0 saturated heterocycles. The molecule has 0 fully saturated rings. The van der Waals surface area contributed by atoms with E-state index in [0.29, 0.717) is 0 Å². The fourth-order valence-electron chi connectivity index (χ4n) is 2.81. The van der Waals surface area contributed by atoms with Crippen molar-refractivity contribution in [3.8, 4) is 0 Å². The molecule has 1 aliphatic rings. The normalized spacial score (nSPS) is 15.2. The lowest BCUT2D eigenvalue weighted by Crippen LogP contribution is -2.30. The molecule has 2 heterocycles. The summed E-state index contributed by atoms with van der Waals surface area (Å²) in [5.41, 5.74) is -0.733. The van der Waals surface area contributed by atoms with Gasteiger partial charge in [0.05, 0.1) is 0 Å². The topological polar surface area (TPSA) is 69.6 Å². The Kier molecular flexibility index (Phi) is 3.57. The number of nitrogens with one attached hydrogen (secondary N) is 2. The van der Waals surface area contributed by atoms with E-state index >= 15 is 0 Å². The Morgan fingerprint density at radius 2 is 1.92 bits per heavy atom. The summed E-state index contributed by atoms with van der Waals surface area (Å²) in [4.78, 5) is 15.4. The first-order chi connectivity index (χ1) is 12.4. The van der Waals surface area contributed by atoms with Crippen LogP contribution in [-0.2, 0) is 12.2 Å². The number of H-pyrrole nitrogens is 1. The fourth-order valence-corrected chi connectivity index (χ4v) is 2.81. The molecule has 0 radical (unpaired) electrons. The maximum Gasteiger partial charge on any atom is 0.442 e. The van der Waals surface area contributed by atoms with Gasteiger partial charge in [-0.2, -0.15) is 13.2 Å². The summed E-state index contributed by atoms with van der Waals surface area (Å²) in [5, 5.41) is 10.1. The smallest absolute Gasteiger partial charge is 0.361 e. The third kappa shape index (κ3) is 2.73. The lowest BCUT2D eigenvalue weighted by Gasteiger charge is -2.15. The lowest BCUT2D eigenvalue weighted by molar-refractivity contribution is -0.166. The molecule has 26 heavy (non-hydrogen) atoms. The molecule has 132 valence electrons. The van der Waals surface area contributed by atoms with Crippen LogP contribution >= 0.6 is 0 Å². The fraction of sp³-hybridized carbons (Fsp3) is 0.167. The van der Waals surface area contributed by atoms with Crippen molar-refractivity contribution < 1.29 is 18.0 Å². The second-order valence-electron chi connectivity index (χ2n) is 6.03. The van der Waals surface area contributed by atoms with Crippen molar-refractivity contribution in [2.75, 3.05) is 0 Å². The van der Waals surface area contributed by atoms with Crippen LogP contribution in [0.4, 0.5) is 13.2 Å². The minimum atomic E-state index is -4.62. The van der Waals surface area contributed by atoms with Gasteiger partial charge in [0.25, 0.3) is 5.91 Å². The number of alkyl halides is 3. The van der Waals surface area contributed by atoms with E-state index in [0.717, 1.165) is 16.5 Å². The molecule has 0 unspecified atom stereocenters. The highest BCUT2D eigenvalue weighted by atomic mass is 19.4. The van der Waals surface area contributed by atoms with Crippen LogP contribution in [0.5, 0.6) is 0 Å².